The first kappa shape index (κ1) is 20.1. The van der Waals surface area contributed by atoms with E-state index in [9.17, 15) is 19.2 Å². The molecule has 0 spiro atoms. The predicted octanol–water partition coefficient (Wildman–Crippen LogP) is 1.68. The van der Waals surface area contributed by atoms with Gasteiger partial charge in [-0.2, -0.15) is 0 Å². The van der Waals surface area contributed by atoms with Gasteiger partial charge in [0.25, 0.3) is 5.91 Å². The standard InChI is InChI=1S/C18H21BrN2O5/c19-14-3-1-12(2-4-14)15(22)5-6-17(24)26-11-16(23)21-9-7-13(8-10-21)18(20)25/h1-4,13H,5-11H2,(H2,20,25). The highest BCUT2D eigenvalue weighted by molar-refractivity contribution is 9.10. The summed E-state index contributed by atoms with van der Waals surface area (Å²) in [7, 11) is 0. The summed E-state index contributed by atoms with van der Waals surface area (Å²) >= 11 is 3.29. The van der Waals surface area contributed by atoms with Crippen molar-refractivity contribution in [3.63, 3.8) is 0 Å². The number of ether oxygens (including phenoxy) is 1. The first-order valence-corrected chi connectivity index (χ1v) is 9.17. The fraction of sp³-hybridized carbons (Fsp3) is 0.444. The van der Waals surface area contributed by atoms with E-state index in [1.807, 2.05) is 0 Å². The Balaban J connectivity index is 1.68. The molecule has 0 radical (unpaired) electrons. The number of nitrogens with two attached hydrogens (primary N) is 1. The molecular formula is C18H21BrN2O5. The Labute approximate surface area is 160 Å². The second kappa shape index (κ2) is 9.47. The number of primary amides is 1. The van der Waals surface area contributed by atoms with Crippen molar-refractivity contribution in [2.75, 3.05) is 19.7 Å². The second-order valence-corrected chi connectivity index (χ2v) is 7.06. The van der Waals surface area contributed by atoms with Gasteiger partial charge < -0.3 is 15.4 Å². The number of ketones is 1. The highest BCUT2D eigenvalue weighted by Gasteiger charge is 2.26. The van der Waals surface area contributed by atoms with E-state index in [1.54, 1.807) is 29.2 Å². The van der Waals surface area contributed by atoms with Crippen molar-refractivity contribution in [1.82, 2.24) is 4.90 Å². The number of benzene rings is 1. The van der Waals surface area contributed by atoms with Gasteiger partial charge in [-0.15, -0.1) is 0 Å². The van der Waals surface area contributed by atoms with Crippen LogP contribution in [0.2, 0.25) is 0 Å². The predicted molar refractivity (Wildman–Crippen MR) is 97.2 cm³/mol. The molecule has 0 aromatic heterocycles. The van der Waals surface area contributed by atoms with Crippen molar-refractivity contribution in [3.8, 4) is 0 Å². The van der Waals surface area contributed by atoms with Crippen LogP contribution < -0.4 is 5.73 Å². The van der Waals surface area contributed by atoms with Gasteiger partial charge in [-0.3, -0.25) is 19.2 Å². The minimum atomic E-state index is -0.587. The van der Waals surface area contributed by atoms with E-state index >= 15 is 0 Å². The number of esters is 1. The number of carbonyl (C=O) groups excluding carboxylic acids is 4. The molecule has 0 unspecified atom stereocenters. The monoisotopic (exact) mass is 424 g/mol. The molecule has 0 atom stereocenters. The molecule has 26 heavy (non-hydrogen) atoms. The summed E-state index contributed by atoms with van der Waals surface area (Å²) in [5.74, 6) is -1.60. The fourth-order valence-electron chi connectivity index (χ4n) is 2.71. The van der Waals surface area contributed by atoms with Crippen LogP contribution in [0.1, 0.15) is 36.0 Å². The number of hydrogen-bond acceptors (Lipinski definition) is 5. The molecule has 1 heterocycles. The molecule has 1 saturated heterocycles. The number of rotatable bonds is 7. The maximum absolute atomic E-state index is 12.0. The molecule has 1 aromatic carbocycles. The normalized spacial score (nSPS) is 14.7. The van der Waals surface area contributed by atoms with Crippen LogP contribution in [0.4, 0.5) is 0 Å². The Bertz CT molecular complexity index is 681. The number of Topliss-reactive ketones (excluding diaryl/α,β-unsaturated/α-hetero) is 1. The lowest BCUT2D eigenvalue weighted by atomic mass is 9.96. The molecule has 1 fully saturated rings. The van der Waals surface area contributed by atoms with Gasteiger partial charge in [0.15, 0.2) is 12.4 Å². The molecule has 2 amide bonds. The Morgan fingerprint density at radius 1 is 1.08 bits per heavy atom. The zero-order chi connectivity index (χ0) is 19.1. The largest absolute Gasteiger partial charge is 0.456 e. The molecule has 0 bridgehead atoms. The SMILES string of the molecule is NC(=O)C1CCN(C(=O)COC(=O)CCC(=O)c2ccc(Br)cc2)CC1. The minimum absolute atomic E-state index is 0.0265. The summed E-state index contributed by atoms with van der Waals surface area (Å²) in [5.41, 5.74) is 5.78. The van der Waals surface area contributed by atoms with Crippen LogP contribution in [0.3, 0.4) is 0 Å². The van der Waals surface area contributed by atoms with E-state index in [2.05, 4.69) is 15.9 Å². The number of carbonyl (C=O) groups is 4. The maximum atomic E-state index is 12.0. The van der Waals surface area contributed by atoms with Crippen LogP contribution in [0.5, 0.6) is 0 Å². The van der Waals surface area contributed by atoms with Gasteiger partial charge in [0.1, 0.15) is 0 Å². The maximum Gasteiger partial charge on any atom is 0.306 e. The van der Waals surface area contributed by atoms with E-state index in [1.165, 1.54) is 0 Å². The Kier molecular flexibility index (Phi) is 7.32. The third kappa shape index (κ3) is 5.94. The van der Waals surface area contributed by atoms with Crippen molar-refractivity contribution < 1.29 is 23.9 Å². The lowest BCUT2D eigenvalue weighted by molar-refractivity contribution is -0.152. The third-order valence-corrected chi connectivity index (χ3v) is 4.86. The molecule has 1 aliphatic rings. The van der Waals surface area contributed by atoms with E-state index in [0.717, 1.165) is 4.47 Å². The Hall–Kier alpha value is -2.22. The molecule has 140 valence electrons. The molecule has 8 heteroatoms. The van der Waals surface area contributed by atoms with Crippen molar-refractivity contribution in [2.24, 2.45) is 11.7 Å². The number of piperidine rings is 1. The first-order valence-electron chi connectivity index (χ1n) is 8.38. The van der Waals surface area contributed by atoms with Crippen LogP contribution in [-0.4, -0.2) is 48.2 Å². The van der Waals surface area contributed by atoms with E-state index < -0.39 is 5.97 Å². The molecule has 2 N–H and O–H groups in total. The highest BCUT2D eigenvalue weighted by atomic mass is 79.9. The topological polar surface area (TPSA) is 107 Å². The number of nitrogens with zero attached hydrogens (tertiary/aromatic N) is 1. The van der Waals surface area contributed by atoms with E-state index in [-0.39, 0.29) is 43.0 Å². The molecule has 7 nitrogen and oxygen atoms in total. The Morgan fingerprint density at radius 2 is 1.69 bits per heavy atom. The van der Waals surface area contributed by atoms with Gasteiger partial charge >= 0.3 is 5.97 Å². The minimum Gasteiger partial charge on any atom is -0.456 e. The van der Waals surface area contributed by atoms with Crippen molar-refractivity contribution in [2.45, 2.75) is 25.7 Å². The number of amides is 2. The van der Waals surface area contributed by atoms with Crippen LogP contribution in [0, 0.1) is 5.92 Å². The average Bonchev–Trinajstić information content (AvgIpc) is 2.64. The highest BCUT2D eigenvalue weighted by Crippen LogP contribution is 2.17. The van der Waals surface area contributed by atoms with E-state index in [4.69, 9.17) is 10.5 Å². The molecule has 1 aromatic rings. The van der Waals surface area contributed by atoms with Gasteiger partial charge in [0.2, 0.25) is 5.91 Å². The summed E-state index contributed by atoms with van der Waals surface area (Å²) in [5, 5.41) is 0. The molecule has 0 aliphatic carbocycles. The van der Waals surface area contributed by atoms with Gasteiger partial charge in [-0.05, 0) is 25.0 Å². The zero-order valence-electron chi connectivity index (χ0n) is 14.3. The second-order valence-electron chi connectivity index (χ2n) is 6.15. The quantitative estimate of drug-likeness (QED) is 0.529. The lowest BCUT2D eigenvalue weighted by Crippen LogP contribution is -2.43. The first-order chi connectivity index (χ1) is 12.4. The molecule has 0 saturated carbocycles. The van der Waals surface area contributed by atoms with Crippen molar-refractivity contribution in [3.05, 3.63) is 34.3 Å². The van der Waals surface area contributed by atoms with Gasteiger partial charge in [-0.25, -0.2) is 0 Å². The summed E-state index contributed by atoms with van der Waals surface area (Å²) < 4.78 is 5.82. The Morgan fingerprint density at radius 3 is 2.27 bits per heavy atom. The van der Waals surface area contributed by atoms with Crippen LogP contribution in [-0.2, 0) is 19.1 Å². The summed E-state index contributed by atoms with van der Waals surface area (Å²) in [6.07, 6.45) is 0.998. The van der Waals surface area contributed by atoms with Gasteiger partial charge in [0, 0.05) is 35.5 Å². The third-order valence-electron chi connectivity index (χ3n) is 4.33. The number of likely N-dealkylation sites (tertiary alicyclic amines) is 1. The van der Waals surface area contributed by atoms with Crippen LogP contribution in [0.15, 0.2) is 28.7 Å². The summed E-state index contributed by atoms with van der Waals surface area (Å²) in [6.45, 7) is 0.491. The van der Waals surface area contributed by atoms with Gasteiger partial charge in [-0.1, -0.05) is 28.1 Å². The molecule has 1 aliphatic heterocycles. The van der Waals surface area contributed by atoms with Crippen LogP contribution in [0.25, 0.3) is 0 Å². The van der Waals surface area contributed by atoms with Crippen molar-refractivity contribution in [1.29, 1.82) is 0 Å². The number of hydrogen-bond donors (Lipinski definition) is 1. The smallest absolute Gasteiger partial charge is 0.306 e. The molecule has 2 rings (SSSR count). The molecular weight excluding hydrogens is 404 g/mol. The lowest BCUT2D eigenvalue weighted by Gasteiger charge is -2.30. The summed E-state index contributed by atoms with van der Waals surface area (Å²) in [6, 6.07) is 6.87. The van der Waals surface area contributed by atoms with E-state index in [0.29, 0.717) is 31.5 Å². The number of halogens is 1. The van der Waals surface area contributed by atoms with Gasteiger partial charge in [0.05, 0.1) is 6.42 Å². The van der Waals surface area contributed by atoms with Crippen molar-refractivity contribution >= 4 is 39.5 Å². The zero-order valence-corrected chi connectivity index (χ0v) is 15.9. The fourth-order valence-corrected chi connectivity index (χ4v) is 2.98. The average molecular weight is 425 g/mol. The van der Waals surface area contributed by atoms with Crippen LogP contribution >= 0.6 is 15.9 Å². The summed E-state index contributed by atoms with van der Waals surface area (Å²) in [4.78, 5) is 48.4.